The molecule has 3 aromatic rings. The number of carbonyl (C=O) groups is 3. The number of hydrogen-bond acceptors (Lipinski definition) is 19. The van der Waals surface area contributed by atoms with E-state index in [2.05, 4.69) is 30.7 Å². The SMILES string of the molecule is Cc1cc(C)c(CNC(=O)c2cc(-c3ccc(N4CCN(CCC(=O)NCCOCCOCCOCCOCCOCCOCCOCCOCCOCCOCCC=O)CC4)nc3)cc(NC(C)C)c2C=N)c(=O)[nH]1. The lowest BCUT2D eigenvalue weighted by Crippen LogP contribution is -2.47. The van der Waals surface area contributed by atoms with Crippen molar-refractivity contribution in [1.82, 2.24) is 25.5 Å². The number of aldehydes is 1. The first kappa shape index (κ1) is 63.3. The molecule has 0 bridgehead atoms. The number of pyridine rings is 2. The molecule has 2 aromatic heterocycles. The molecule has 0 unspecified atom stereocenters. The molecular weight excluding hydrogens is 985 g/mol. The standard InChI is InChI=1S/C54H84N8O14/c1-42(2)59-50-38-46(37-47(48(50)39-55)53(65)58-41-49-43(3)36-44(4)60-54(49)66)45-6-7-51(57-40-45)62-13-11-61(12-14-62)10-8-52(64)56-9-17-68-19-21-70-23-25-72-27-29-74-31-33-76-35-34-75-32-30-73-28-26-71-24-22-69-20-18-67-16-5-15-63/h6-7,15,36-40,42,55,59H,5,8-14,16-35,41H2,1-4H3,(H,56,64)(H,58,65)(H,60,66). The molecule has 3 heterocycles. The summed E-state index contributed by atoms with van der Waals surface area (Å²) in [6.45, 7) is 21.2. The van der Waals surface area contributed by atoms with Gasteiger partial charge in [0.05, 0.1) is 138 Å². The van der Waals surface area contributed by atoms with Gasteiger partial charge >= 0.3 is 0 Å². The van der Waals surface area contributed by atoms with Gasteiger partial charge in [-0.3, -0.25) is 19.3 Å². The minimum atomic E-state index is -0.388. The fourth-order valence-electron chi connectivity index (χ4n) is 7.73. The van der Waals surface area contributed by atoms with Crippen LogP contribution in [0.1, 0.15) is 59.4 Å². The second kappa shape index (κ2) is 39.2. The van der Waals surface area contributed by atoms with E-state index >= 15 is 0 Å². The van der Waals surface area contributed by atoms with E-state index < -0.39 is 0 Å². The van der Waals surface area contributed by atoms with Gasteiger partial charge in [-0.2, -0.15) is 0 Å². The highest BCUT2D eigenvalue weighted by atomic mass is 16.6. The van der Waals surface area contributed by atoms with Crippen molar-refractivity contribution in [3.05, 3.63) is 74.8 Å². The molecule has 1 aliphatic heterocycles. The van der Waals surface area contributed by atoms with Gasteiger partial charge in [0.25, 0.3) is 11.5 Å². The van der Waals surface area contributed by atoms with Gasteiger partial charge in [-0.15, -0.1) is 0 Å². The van der Waals surface area contributed by atoms with E-state index in [-0.39, 0.29) is 30.0 Å². The van der Waals surface area contributed by atoms with Crippen LogP contribution in [0, 0.1) is 19.3 Å². The fourth-order valence-corrected chi connectivity index (χ4v) is 7.73. The number of nitrogens with zero attached hydrogens (tertiary/aromatic N) is 3. The van der Waals surface area contributed by atoms with Crippen LogP contribution in [0.25, 0.3) is 11.1 Å². The number of piperazine rings is 1. The van der Waals surface area contributed by atoms with Crippen molar-refractivity contribution in [2.24, 2.45) is 0 Å². The zero-order chi connectivity index (χ0) is 54.4. The number of anilines is 2. The summed E-state index contributed by atoms with van der Waals surface area (Å²) in [4.78, 5) is 61.1. The molecule has 424 valence electrons. The number of nitrogens with one attached hydrogen (secondary N) is 5. The molecule has 2 amide bonds. The molecule has 0 atom stereocenters. The van der Waals surface area contributed by atoms with Crippen LogP contribution < -0.4 is 26.4 Å². The predicted molar refractivity (Wildman–Crippen MR) is 289 cm³/mol. The highest BCUT2D eigenvalue weighted by molar-refractivity contribution is 6.06. The van der Waals surface area contributed by atoms with Gasteiger partial charge in [0.1, 0.15) is 12.1 Å². The molecule has 1 saturated heterocycles. The lowest BCUT2D eigenvalue weighted by Gasteiger charge is -2.35. The van der Waals surface area contributed by atoms with Crippen LogP contribution in [0.15, 0.2) is 41.3 Å². The normalized spacial score (nSPS) is 12.8. The number of aryl methyl sites for hydroxylation is 2. The number of amides is 2. The predicted octanol–water partition coefficient (Wildman–Crippen LogP) is 3.19. The van der Waals surface area contributed by atoms with Crippen LogP contribution in [0.4, 0.5) is 11.5 Å². The van der Waals surface area contributed by atoms with Gasteiger partial charge in [0.15, 0.2) is 0 Å². The molecule has 4 rings (SSSR count). The first-order chi connectivity index (χ1) is 37.1. The average molecular weight is 1070 g/mol. The lowest BCUT2D eigenvalue weighted by atomic mass is 9.97. The van der Waals surface area contributed by atoms with E-state index in [9.17, 15) is 19.2 Å². The summed E-state index contributed by atoms with van der Waals surface area (Å²) in [7, 11) is 0. The van der Waals surface area contributed by atoms with Gasteiger partial charge in [0, 0.05) is 105 Å². The maximum Gasteiger partial charge on any atom is 0.253 e. The lowest BCUT2D eigenvalue weighted by molar-refractivity contribution is -0.121. The molecule has 0 saturated carbocycles. The Hall–Kier alpha value is -5.24. The van der Waals surface area contributed by atoms with Gasteiger partial charge < -0.3 is 83.4 Å². The summed E-state index contributed by atoms with van der Waals surface area (Å²) >= 11 is 0. The monoisotopic (exact) mass is 1070 g/mol. The molecule has 1 fully saturated rings. The second-order valence-corrected chi connectivity index (χ2v) is 18.0. The highest BCUT2D eigenvalue weighted by Gasteiger charge is 2.21. The van der Waals surface area contributed by atoms with E-state index in [4.69, 9.17) is 57.8 Å². The Bertz CT molecular complexity index is 2160. The second-order valence-electron chi connectivity index (χ2n) is 18.0. The van der Waals surface area contributed by atoms with Crippen molar-refractivity contribution in [3.8, 4) is 11.1 Å². The number of rotatable bonds is 44. The van der Waals surface area contributed by atoms with E-state index in [1.54, 1.807) is 12.3 Å². The van der Waals surface area contributed by atoms with Crippen molar-refractivity contribution in [1.29, 1.82) is 5.41 Å². The number of hydrogen-bond donors (Lipinski definition) is 5. The van der Waals surface area contributed by atoms with Crippen molar-refractivity contribution < 1.29 is 61.8 Å². The molecule has 1 aromatic carbocycles. The van der Waals surface area contributed by atoms with Gasteiger partial charge in [-0.05, 0) is 69.2 Å². The number of aromatic amines is 1. The highest BCUT2D eigenvalue weighted by Crippen LogP contribution is 2.30. The number of H-pyrrole nitrogens is 1. The Kier molecular flexibility index (Phi) is 32.6. The first-order valence-electron chi connectivity index (χ1n) is 26.4. The Morgan fingerprint density at radius 2 is 1.20 bits per heavy atom. The zero-order valence-corrected chi connectivity index (χ0v) is 45.3. The molecule has 0 spiro atoms. The summed E-state index contributed by atoms with van der Waals surface area (Å²) < 4.78 is 54.7. The van der Waals surface area contributed by atoms with Crippen LogP contribution in [-0.4, -0.2) is 217 Å². The molecular formula is C54H84N8O14. The van der Waals surface area contributed by atoms with Crippen molar-refractivity contribution >= 4 is 35.8 Å². The molecule has 1 aliphatic rings. The third kappa shape index (κ3) is 26.2. The van der Waals surface area contributed by atoms with Gasteiger partial charge in [-0.1, -0.05) is 0 Å². The van der Waals surface area contributed by atoms with Crippen molar-refractivity contribution in [3.63, 3.8) is 0 Å². The molecule has 76 heavy (non-hydrogen) atoms. The smallest absolute Gasteiger partial charge is 0.253 e. The van der Waals surface area contributed by atoms with Crippen LogP contribution in [0.2, 0.25) is 0 Å². The van der Waals surface area contributed by atoms with Crippen LogP contribution >= 0.6 is 0 Å². The van der Waals surface area contributed by atoms with Crippen LogP contribution in [0.3, 0.4) is 0 Å². The Morgan fingerprint density at radius 3 is 1.66 bits per heavy atom. The maximum atomic E-state index is 13.7. The molecule has 22 nitrogen and oxygen atoms in total. The number of aromatic nitrogens is 2. The summed E-state index contributed by atoms with van der Waals surface area (Å²) in [6, 6.07) is 9.59. The topological polar surface area (TPSA) is 256 Å². The summed E-state index contributed by atoms with van der Waals surface area (Å²) in [5.41, 5.74) is 4.81. The van der Waals surface area contributed by atoms with E-state index in [0.717, 1.165) is 60.7 Å². The summed E-state index contributed by atoms with van der Waals surface area (Å²) in [5, 5.41) is 17.4. The Balaban J connectivity index is 0.947. The molecule has 22 heteroatoms. The number of benzene rings is 1. The quantitative estimate of drug-likeness (QED) is 0.0310. The Labute approximate surface area is 447 Å². The molecule has 0 aliphatic carbocycles. The van der Waals surface area contributed by atoms with E-state index in [1.165, 1.54) is 6.21 Å². The van der Waals surface area contributed by atoms with Crippen LogP contribution in [0.5, 0.6) is 0 Å². The summed E-state index contributed by atoms with van der Waals surface area (Å²) in [6.07, 6.45) is 4.61. The third-order valence-electron chi connectivity index (χ3n) is 11.7. The van der Waals surface area contributed by atoms with Gasteiger partial charge in [0.2, 0.25) is 5.91 Å². The summed E-state index contributed by atoms with van der Waals surface area (Å²) in [5.74, 6) is 0.442. The third-order valence-corrected chi connectivity index (χ3v) is 11.7. The minimum Gasteiger partial charge on any atom is -0.382 e. The van der Waals surface area contributed by atoms with Crippen molar-refractivity contribution in [2.75, 3.05) is 182 Å². The van der Waals surface area contributed by atoms with Crippen LogP contribution in [-0.2, 0) is 63.5 Å². The van der Waals surface area contributed by atoms with Crippen molar-refractivity contribution in [2.45, 2.75) is 53.1 Å². The average Bonchev–Trinajstić information content (AvgIpc) is 3.41. The zero-order valence-electron chi connectivity index (χ0n) is 45.3. The number of ether oxygens (including phenoxy) is 10. The maximum absolute atomic E-state index is 13.7. The molecule has 5 N–H and O–H groups in total. The fraction of sp³-hybridized carbons (Fsp3) is 0.630. The largest absolute Gasteiger partial charge is 0.382 e. The van der Waals surface area contributed by atoms with E-state index in [0.29, 0.717) is 180 Å². The minimum absolute atomic E-state index is 0.0142. The Morgan fingerprint density at radius 1 is 0.684 bits per heavy atom. The van der Waals surface area contributed by atoms with Gasteiger partial charge in [-0.25, -0.2) is 4.98 Å². The van der Waals surface area contributed by atoms with E-state index in [1.807, 2.05) is 52.0 Å². The molecule has 0 radical (unpaired) electrons. The first-order valence-corrected chi connectivity index (χ1v) is 26.4. The number of carbonyl (C=O) groups excluding carboxylic acids is 3.